The minimum Gasteiger partial charge on any atom is -0.357 e. The van der Waals surface area contributed by atoms with Crippen molar-refractivity contribution >= 4 is 17.8 Å². The fourth-order valence-corrected chi connectivity index (χ4v) is 4.09. The summed E-state index contributed by atoms with van der Waals surface area (Å²) in [5.74, 6) is 1.08. The van der Waals surface area contributed by atoms with Crippen LogP contribution in [0.1, 0.15) is 61.9 Å². The number of rotatable bonds is 6. The summed E-state index contributed by atoms with van der Waals surface area (Å²) in [4.78, 5) is 33.3. The smallest absolute Gasteiger partial charge is 0.253 e. The molecule has 2 heterocycles. The summed E-state index contributed by atoms with van der Waals surface area (Å²) >= 11 is 0. The maximum absolute atomic E-state index is 12.8. The minimum atomic E-state index is 0.122. The molecule has 0 saturated carbocycles. The lowest BCUT2D eigenvalue weighted by Crippen LogP contribution is -2.45. The molecule has 1 aromatic carbocycles. The zero-order valence-electron chi connectivity index (χ0n) is 18.3. The Morgan fingerprint density at radius 2 is 1.90 bits per heavy atom. The van der Waals surface area contributed by atoms with Crippen LogP contribution in [-0.4, -0.2) is 66.3 Å². The average Bonchev–Trinajstić information content (AvgIpc) is 3.26. The van der Waals surface area contributed by atoms with Crippen LogP contribution < -0.4 is 10.6 Å². The second-order valence-electron chi connectivity index (χ2n) is 8.07. The Bertz CT molecular complexity index is 758. The maximum atomic E-state index is 12.8. The molecule has 2 saturated heterocycles. The van der Waals surface area contributed by atoms with Crippen molar-refractivity contribution in [1.82, 2.24) is 20.4 Å². The molecule has 1 unspecified atom stereocenters. The maximum Gasteiger partial charge on any atom is 0.253 e. The van der Waals surface area contributed by atoms with Crippen LogP contribution in [0, 0.1) is 0 Å². The Kier molecular flexibility index (Phi) is 8.11. The standard InChI is InChI=1S/C23H35N5O2/c1-3-21(29)28-14-11-20(17-28)26-23(24-4-2)25-16-18-9-8-10-19(15-18)22(30)27-12-6-5-7-13-27/h8-10,15,20H,3-7,11-14,16-17H2,1-2H3,(H2,24,25,26). The summed E-state index contributed by atoms with van der Waals surface area (Å²) in [5.41, 5.74) is 1.76. The summed E-state index contributed by atoms with van der Waals surface area (Å²) in [6, 6.07) is 8.02. The van der Waals surface area contributed by atoms with E-state index in [1.807, 2.05) is 47.9 Å². The number of guanidine groups is 1. The first-order valence-electron chi connectivity index (χ1n) is 11.3. The van der Waals surface area contributed by atoms with Crippen molar-refractivity contribution in [2.24, 2.45) is 4.99 Å². The molecule has 0 radical (unpaired) electrons. The van der Waals surface area contributed by atoms with Crippen molar-refractivity contribution < 1.29 is 9.59 Å². The number of carbonyl (C=O) groups is 2. The lowest BCUT2D eigenvalue weighted by atomic mass is 10.1. The SMILES string of the molecule is CCNC(=NCc1cccc(C(=O)N2CCCCC2)c1)NC1CCN(C(=O)CC)C1. The lowest BCUT2D eigenvalue weighted by Gasteiger charge is -2.26. The van der Waals surface area contributed by atoms with Gasteiger partial charge in [0.25, 0.3) is 5.91 Å². The Morgan fingerprint density at radius 3 is 2.63 bits per heavy atom. The van der Waals surface area contributed by atoms with Crippen LogP contribution >= 0.6 is 0 Å². The second kappa shape index (κ2) is 11.0. The molecule has 2 aliphatic heterocycles. The Labute approximate surface area is 179 Å². The predicted molar refractivity (Wildman–Crippen MR) is 119 cm³/mol. The largest absolute Gasteiger partial charge is 0.357 e. The molecule has 0 spiro atoms. The Balaban J connectivity index is 1.60. The number of nitrogens with zero attached hydrogens (tertiary/aromatic N) is 3. The topological polar surface area (TPSA) is 77.0 Å². The van der Waals surface area contributed by atoms with Gasteiger partial charge in [0.1, 0.15) is 0 Å². The molecule has 1 aromatic rings. The van der Waals surface area contributed by atoms with Crippen molar-refractivity contribution in [3.05, 3.63) is 35.4 Å². The third-order valence-corrected chi connectivity index (χ3v) is 5.77. The van der Waals surface area contributed by atoms with E-state index in [1.165, 1.54) is 6.42 Å². The van der Waals surface area contributed by atoms with E-state index >= 15 is 0 Å². The Morgan fingerprint density at radius 1 is 1.10 bits per heavy atom. The molecule has 7 nitrogen and oxygen atoms in total. The fraction of sp³-hybridized carbons (Fsp3) is 0.609. The zero-order valence-corrected chi connectivity index (χ0v) is 18.3. The molecular formula is C23H35N5O2. The van der Waals surface area contributed by atoms with Gasteiger partial charge in [-0.05, 0) is 50.3 Å². The molecule has 3 rings (SSSR count). The van der Waals surface area contributed by atoms with Crippen LogP contribution in [0.5, 0.6) is 0 Å². The van der Waals surface area contributed by atoms with E-state index < -0.39 is 0 Å². The highest BCUT2D eigenvalue weighted by Gasteiger charge is 2.25. The van der Waals surface area contributed by atoms with Gasteiger partial charge >= 0.3 is 0 Å². The van der Waals surface area contributed by atoms with Gasteiger partial charge in [0.2, 0.25) is 5.91 Å². The van der Waals surface area contributed by atoms with Crippen LogP contribution in [0.25, 0.3) is 0 Å². The normalized spacial score (nSPS) is 19.7. The molecule has 164 valence electrons. The predicted octanol–water partition coefficient (Wildman–Crippen LogP) is 2.38. The van der Waals surface area contributed by atoms with Crippen molar-refractivity contribution in [2.45, 2.75) is 58.5 Å². The molecule has 1 atom stereocenters. The molecule has 2 aliphatic rings. The van der Waals surface area contributed by atoms with Gasteiger partial charge in [-0.1, -0.05) is 19.1 Å². The van der Waals surface area contributed by atoms with E-state index in [2.05, 4.69) is 10.6 Å². The monoisotopic (exact) mass is 413 g/mol. The molecule has 2 amide bonds. The molecule has 30 heavy (non-hydrogen) atoms. The first-order valence-corrected chi connectivity index (χ1v) is 11.3. The number of piperidine rings is 1. The molecule has 0 aliphatic carbocycles. The van der Waals surface area contributed by atoms with Crippen LogP contribution in [0.3, 0.4) is 0 Å². The van der Waals surface area contributed by atoms with Crippen molar-refractivity contribution in [3.8, 4) is 0 Å². The van der Waals surface area contributed by atoms with Crippen molar-refractivity contribution in [1.29, 1.82) is 0 Å². The quantitative estimate of drug-likeness (QED) is 0.555. The van der Waals surface area contributed by atoms with Crippen molar-refractivity contribution in [2.75, 3.05) is 32.7 Å². The van der Waals surface area contributed by atoms with E-state index in [9.17, 15) is 9.59 Å². The van der Waals surface area contributed by atoms with Crippen LogP contribution in [0.4, 0.5) is 0 Å². The summed E-state index contributed by atoms with van der Waals surface area (Å²) < 4.78 is 0. The molecule has 7 heteroatoms. The number of amides is 2. The molecule has 2 fully saturated rings. The van der Waals surface area contributed by atoms with Gasteiger partial charge in [-0.2, -0.15) is 0 Å². The van der Waals surface area contributed by atoms with E-state index in [-0.39, 0.29) is 17.9 Å². The van der Waals surface area contributed by atoms with E-state index in [0.717, 1.165) is 69.1 Å². The highest BCUT2D eigenvalue weighted by Crippen LogP contribution is 2.15. The van der Waals surface area contributed by atoms with E-state index in [1.54, 1.807) is 0 Å². The molecule has 2 N–H and O–H groups in total. The third-order valence-electron chi connectivity index (χ3n) is 5.77. The average molecular weight is 414 g/mol. The van der Waals surface area contributed by atoms with Gasteiger partial charge in [0.05, 0.1) is 6.54 Å². The van der Waals surface area contributed by atoms with Crippen LogP contribution in [0.2, 0.25) is 0 Å². The summed E-state index contributed by atoms with van der Waals surface area (Å²) in [7, 11) is 0. The summed E-state index contributed by atoms with van der Waals surface area (Å²) in [5, 5.41) is 6.74. The van der Waals surface area contributed by atoms with Crippen LogP contribution in [0.15, 0.2) is 29.3 Å². The number of aliphatic imine (C=N–C) groups is 1. The highest BCUT2D eigenvalue weighted by atomic mass is 16.2. The van der Waals surface area contributed by atoms with E-state index in [4.69, 9.17) is 4.99 Å². The number of benzene rings is 1. The number of nitrogens with one attached hydrogen (secondary N) is 2. The van der Waals surface area contributed by atoms with Crippen LogP contribution in [-0.2, 0) is 11.3 Å². The summed E-state index contributed by atoms with van der Waals surface area (Å²) in [6.07, 6.45) is 4.87. The summed E-state index contributed by atoms with van der Waals surface area (Å²) in [6.45, 7) is 8.43. The lowest BCUT2D eigenvalue weighted by molar-refractivity contribution is -0.129. The first-order chi connectivity index (χ1) is 14.6. The zero-order chi connectivity index (χ0) is 21.3. The first kappa shape index (κ1) is 22.1. The van der Waals surface area contributed by atoms with Gasteiger partial charge in [-0.15, -0.1) is 0 Å². The van der Waals surface area contributed by atoms with E-state index in [0.29, 0.717) is 13.0 Å². The van der Waals surface area contributed by atoms with Gasteiger partial charge in [0.15, 0.2) is 5.96 Å². The molecule has 0 bridgehead atoms. The van der Waals surface area contributed by atoms with Gasteiger partial charge in [0, 0.05) is 50.7 Å². The van der Waals surface area contributed by atoms with Gasteiger partial charge < -0.3 is 20.4 Å². The number of likely N-dealkylation sites (tertiary alicyclic amines) is 2. The number of hydrogen-bond donors (Lipinski definition) is 2. The van der Waals surface area contributed by atoms with Gasteiger partial charge in [-0.3, -0.25) is 9.59 Å². The molecule has 0 aromatic heterocycles. The number of carbonyl (C=O) groups excluding carboxylic acids is 2. The highest BCUT2D eigenvalue weighted by molar-refractivity contribution is 5.94. The van der Waals surface area contributed by atoms with Crippen molar-refractivity contribution in [3.63, 3.8) is 0 Å². The fourth-order valence-electron chi connectivity index (χ4n) is 4.09. The van der Waals surface area contributed by atoms with Gasteiger partial charge in [-0.25, -0.2) is 4.99 Å². The Hall–Kier alpha value is -2.57. The second-order valence-corrected chi connectivity index (χ2v) is 8.07. The third kappa shape index (κ3) is 5.97. The molecular weight excluding hydrogens is 378 g/mol. The number of hydrogen-bond acceptors (Lipinski definition) is 3. The minimum absolute atomic E-state index is 0.122.